The third-order valence-electron chi connectivity index (χ3n) is 9.30. The predicted octanol–water partition coefficient (Wildman–Crippen LogP) is 13.2. The number of aromatic carboxylic acids is 1. The number of rotatable bonds is 23. The average molecular weight is 613 g/mol. The Bertz CT molecular complexity index is 1230. The lowest BCUT2D eigenvalue weighted by molar-refractivity contribution is 0.0627. The van der Waals surface area contributed by atoms with Crippen molar-refractivity contribution < 1.29 is 14.6 Å². The second kappa shape index (κ2) is 21.0. The minimum Gasteiger partial charge on any atom is -0.478 e. The highest BCUT2D eigenvalue weighted by Gasteiger charge is 2.25. The molecule has 1 N–H and O–H groups in total. The Labute approximate surface area is 274 Å². The van der Waals surface area contributed by atoms with Gasteiger partial charge in [-0.05, 0) is 66.0 Å². The lowest BCUT2D eigenvalue weighted by atomic mass is 9.78. The highest BCUT2D eigenvalue weighted by molar-refractivity contribution is 5.99. The summed E-state index contributed by atoms with van der Waals surface area (Å²) < 4.78 is 6.23. The van der Waals surface area contributed by atoms with E-state index in [9.17, 15) is 9.90 Å². The third-order valence-corrected chi connectivity index (χ3v) is 9.30. The molecule has 2 unspecified atom stereocenters. The maximum absolute atomic E-state index is 12.6. The van der Waals surface area contributed by atoms with E-state index in [4.69, 9.17) is 4.74 Å². The molecule has 0 fully saturated rings. The Hall–Kier alpha value is -2.91. The molecule has 0 aliphatic rings. The Morgan fingerprint density at radius 2 is 1.24 bits per heavy atom. The molecule has 3 nitrogen and oxygen atoms in total. The van der Waals surface area contributed by atoms with Gasteiger partial charge in [0.05, 0.1) is 11.7 Å². The first-order valence-corrected chi connectivity index (χ1v) is 18.2. The van der Waals surface area contributed by atoms with Crippen LogP contribution in [0, 0.1) is 0 Å². The minimum atomic E-state index is -0.862. The molecule has 0 aromatic heterocycles. The van der Waals surface area contributed by atoms with Crippen molar-refractivity contribution in [3.63, 3.8) is 0 Å². The molecular weight excluding hydrogens is 552 g/mol. The molecule has 0 saturated heterocycles. The first-order valence-electron chi connectivity index (χ1n) is 18.2. The smallest absolute Gasteiger partial charge is 0.336 e. The first kappa shape index (κ1) is 36.6. The number of unbranched alkanes of at least 4 members (excludes halogenated alkanes) is 11. The minimum absolute atomic E-state index is 0.0495. The normalized spacial score (nSPS) is 12.7. The number of hydrogen-bond acceptors (Lipinski definition) is 2. The number of ether oxygens (including phenoxy) is 1. The van der Waals surface area contributed by atoms with E-state index in [-0.39, 0.29) is 6.10 Å². The summed E-state index contributed by atoms with van der Waals surface area (Å²) in [4.78, 5) is 12.6. The van der Waals surface area contributed by atoms with Crippen molar-refractivity contribution in [3.8, 4) is 22.3 Å². The molecule has 0 saturated carbocycles. The maximum atomic E-state index is 12.6. The van der Waals surface area contributed by atoms with Crippen molar-refractivity contribution in [2.75, 3.05) is 6.61 Å². The molecule has 0 aliphatic carbocycles. The summed E-state index contributed by atoms with van der Waals surface area (Å²) in [6.07, 6.45) is 19.8. The summed E-state index contributed by atoms with van der Waals surface area (Å²) in [5.74, 6) is -0.562. The van der Waals surface area contributed by atoms with E-state index in [2.05, 4.69) is 70.2 Å². The topological polar surface area (TPSA) is 46.5 Å². The molecule has 3 aromatic carbocycles. The van der Waals surface area contributed by atoms with E-state index in [1.165, 1.54) is 88.2 Å². The summed E-state index contributed by atoms with van der Waals surface area (Å²) in [7, 11) is 0. The number of carbonyl (C=O) groups is 1. The van der Waals surface area contributed by atoms with Crippen LogP contribution < -0.4 is 0 Å². The highest BCUT2D eigenvalue weighted by Crippen LogP contribution is 2.43. The van der Waals surface area contributed by atoms with Gasteiger partial charge < -0.3 is 9.84 Å². The van der Waals surface area contributed by atoms with Crippen molar-refractivity contribution in [1.29, 1.82) is 0 Å². The van der Waals surface area contributed by atoms with Crippen LogP contribution in [-0.4, -0.2) is 17.7 Å². The highest BCUT2D eigenvalue weighted by atomic mass is 16.5. The molecular formula is C42H60O3. The zero-order valence-electron chi connectivity index (χ0n) is 28.8. The number of carboxylic acid groups (broad SMARTS) is 1. The van der Waals surface area contributed by atoms with Gasteiger partial charge in [0.2, 0.25) is 0 Å². The van der Waals surface area contributed by atoms with Crippen LogP contribution in [0.3, 0.4) is 0 Å². The zero-order valence-corrected chi connectivity index (χ0v) is 28.8. The van der Waals surface area contributed by atoms with Gasteiger partial charge in [0.25, 0.3) is 0 Å². The van der Waals surface area contributed by atoms with Crippen LogP contribution in [0.25, 0.3) is 22.3 Å². The van der Waals surface area contributed by atoms with E-state index in [1.807, 2.05) is 24.3 Å². The second-order valence-corrected chi connectivity index (χ2v) is 12.9. The van der Waals surface area contributed by atoms with Gasteiger partial charge in [-0.3, -0.25) is 0 Å². The van der Waals surface area contributed by atoms with Crippen molar-refractivity contribution in [1.82, 2.24) is 0 Å². The molecule has 2 atom stereocenters. The summed E-state index contributed by atoms with van der Waals surface area (Å²) in [5, 5.41) is 10.4. The van der Waals surface area contributed by atoms with Crippen molar-refractivity contribution >= 4 is 5.97 Å². The van der Waals surface area contributed by atoms with Gasteiger partial charge in [-0.25, -0.2) is 4.79 Å². The van der Waals surface area contributed by atoms with Crippen LogP contribution in [0.4, 0.5) is 0 Å². The van der Waals surface area contributed by atoms with Gasteiger partial charge in [-0.1, -0.05) is 165 Å². The predicted molar refractivity (Wildman–Crippen MR) is 192 cm³/mol. The fourth-order valence-corrected chi connectivity index (χ4v) is 6.69. The summed E-state index contributed by atoms with van der Waals surface area (Å²) in [6.45, 7) is 9.72. The molecule has 0 spiro atoms. The van der Waals surface area contributed by atoms with Crippen LogP contribution in [-0.2, 0) is 4.74 Å². The van der Waals surface area contributed by atoms with Crippen molar-refractivity contribution in [3.05, 3.63) is 83.4 Å². The van der Waals surface area contributed by atoms with Crippen LogP contribution in [0.1, 0.15) is 164 Å². The zero-order chi connectivity index (χ0) is 32.3. The van der Waals surface area contributed by atoms with Crippen LogP contribution in [0.2, 0.25) is 0 Å². The standard InChI is InChI=1S/C42H60O3/c1-5-8-10-12-14-16-21-32-45-33(4)34-26-28-35(29-27-34)38-30-31-39(42(43)44)41(37-24-19-17-20-25-37)40(38)36(22-7-3)23-18-15-13-11-9-6-2/h17,19-20,24-31,33,36H,5-16,18,21-23,32H2,1-4H3,(H,43,44). The van der Waals surface area contributed by atoms with E-state index in [0.29, 0.717) is 11.5 Å². The SMILES string of the molecule is CCCCCCCCCOC(C)c1ccc(-c2ccc(C(=O)O)c(-c3ccccc3)c2C(CCC)CCCCCCCC)cc1. The monoisotopic (exact) mass is 612 g/mol. The van der Waals surface area contributed by atoms with Gasteiger partial charge in [0.1, 0.15) is 0 Å². The second-order valence-electron chi connectivity index (χ2n) is 12.9. The summed E-state index contributed by atoms with van der Waals surface area (Å²) >= 11 is 0. The Kier molecular flexibility index (Phi) is 17.1. The van der Waals surface area contributed by atoms with Gasteiger partial charge in [0.15, 0.2) is 0 Å². The van der Waals surface area contributed by atoms with Crippen LogP contribution in [0.15, 0.2) is 66.7 Å². The fourth-order valence-electron chi connectivity index (χ4n) is 6.69. The third kappa shape index (κ3) is 11.8. The summed E-state index contributed by atoms with van der Waals surface area (Å²) in [6, 6.07) is 22.9. The van der Waals surface area contributed by atoms with Gasteiger partial charge in [-0.2, -0.15) is 0 Å². The first-order chi connectivity index (χ1) is 22.0. The van der Waals surface area contributed by atoms with Gasteiger partial charge >= 0.3 is 5.97 Å². The van der Waals surface area contributed by atoms with Crippen LogP contribution >= 0.6 is 0 Å². The van der Waals surface area contributed by atoms with E-state index >= 15 is 0 Å². The van der Waals surface area contributed by atoms with E-state index in [1.54, 1.807) is 0 Å². The molecule has 0 amide bonds. The molecule has 0 radical (unpaired) electrons. The molecule has 0 bridgehead atoms. The van der Waals surface area contributed by atoms with Crippen molar-refractivity contribution in [2.45, 2.75) is 142 Å². The lowest BCUT2D eigenvalue weighted by Crippen LogP contribution is -2.09. The molecule has 246 valence electrons. The van der Waals surface area contributed by atoms with E-state index in [0.717, 1.165) is 54.5 Å². The molecule has 3 heteroatoms. The molecule has 45 heavy (non-hydrogen) atoms. The summed E-state index contributed by atoms with van der Waals surface area (Å²) in [5.41, 5.74) is 6.96. The maximum Gasteiger partial charge on any atom is 0.336 e. The largest absolute Gasteiger partial charge is 0.478 e. The Morgan fingerprint density at radius 1 is 0.644 bits per heavy atom. The van der Waals surface area contributed by atoms with Gasteiger partial charge in [-0.15, -0.1) is 0 Å². The number of benzene rings is 3. The van der Waals surface area contributed by atoms with E-state index < -0.39 is 5.97 Å². The Balaban J connectivity index is 1.88. The molecule has 3 aromatic rings. The molecule has 0 aliphatic heterocycles. The Morgan fingerprint density at radius 3 is 1.84 bits per heavy atom. The fraction of sp³-hybridized carbons (Fsp3) is 0.548. The molecule has 3 rings (SSSR count). The van der Waals surface area contributed by atoms with Crippen molar-refractivity contribution in [2.24, 2.45) is 0 Å². The quantitative estimate of drug-likeness (QED) is 0.108. The molecule has 0 heterocycles. The average Bonchev–Trinajstić information content (AvgIpc) is 3.06. The lowest BCUT2D eigenvalue weighted by Gasteiger charge is -2.26. The van der Waals surface area contributed by atoms with Gasteiger partial charge in [0, 0.05) is 12.2 Å². The number of carboxylic acids is 1. The number of hydrogen-bond donors (Lipinski definition) is 1. The van der Waals surface area contributed by atoms with Crippen LogP contribution in [0.5, 0.6) is 0 Å².